The summed E-state index contributed by atoms with van der Waals surface area (Å²) in [5, 5.41) is 17.5. The smallest absolute Gasteiger partial charge is 0.0782 e. The molecule has 1 aromatic heterocycles. The zero-order valence-electron chi connectivity index (χ0n) is 10.8. The molecule has 2 rings (SSSR count). The predicted octanol–water partition coefficient (Wildman–Crippen LogP) is 4.01. The molecule has 0 amide bonds. The largest absolute Gasteiger partial charge is 0.394 e. The van der Waals surface area contributed by atoms with Gasteiger partial charge in [-0.1, -0.05) is 40.9 Å². The number of aliphatic hydroxyl groups is 1. The monoisotopic (exact) mass is 333 g/mol. The molecule has 1 unspecified atom stereocenters. The third kappa shape index (κ3) is 3.38. The fourth-order valence-electron chi connectivity index (χ4n) is 1.87. The fraction of sp³-hybridized carbons (Fsp3) is 0.308. The Bertz CT molecular complexity index is 601. The highest BCUT2D eigenvalue weighted by molar-refractivity contribution is 6.48. The highest BCUT2D eigenvalue weighted by Crippen LogP contribution is 2.36. The molecule has 0 saturated carbocycles. The van der Waals surface area contributed by atoms with Crippen LogP contribution in [0.4, 0.5) is 5.69 Å². The van der Waals surface area contributed by atoms with Crippen LogP contribution in [0.2, 0.25) is 15.1 Å². The summed E-state index contributed by atoms with van der Waals surface area (Å²) in [5.41, 5.74) is 1.70. The van der Waals surface area contributed by atoms with Gasteiger partial charge in [0.1, 0.15) is 0 Å². The van der Waals surface area contributed by atoms with Gasteiger partial charge in [0.25, 0.3) is 0 Å². The molecule has 1 aromatic carbocycles. The van der Waals surface area contributed by atoms with Crippen molar-refractivity contribution < 1.29 is 5.11 Å². The van der Waals surface area contributed by atoms with Crippen LogP contribution in [0.15, 0.2) is 24.5 Å². The number of rotatable bonds is 5. The first-order chi connectivity index (χ1) is 9.52. The van der Waals surface area contributed by atoms with Gasteiger partial charge < -0.3 is 10.4 Å². The van der Waals surface area contributed by atoms with Gasteiger partial charge in [0.15, 0.2) is 0 Å². The number of hydrogen-bond acceptors (Lipinski definition) is 3. The van der Waals surface area contributed by atoms with E-state index in [2.05, 4.69) is 10.4 Å². The Hall–Kier alpha value is -0.940. The maximum absolute atomic E-state index is 8.86. The summed E-state index contributed by atoms with van der Waals surface area (Å²) in [4.78, 5) is 0. The van der Waals surface area contributed by atoms with E-state index in [1.807, 2.05) is 19.2 Å². The van der Waals surface area contributed by atoms with Gasteiger partial charge in [-0.05, 0) is 18.6 Å². The Kier molecular flexibility index (Phi) is 5.16. The first-order valence-corrected chi connectivity index (χ1v) is 7.19. The van der Waals surface area contributed by atoms with Crippen molar-refractivity contribution in [1.82, 2.24) is 9.78 Å². The van der Waals surface area contributed by atoms with Crippen LogP contribution < -0.4 is 5.32 Å². The number of hydrogen-bond donors (Lipinski definition) is 2. The Balaban J connectivity index is 2.15. The van der Waals surface area contributed by atoms with Crippen molar-refractivity contribution in [3.8, 4) is 0 Å². The average molecular weight is 335 g/mol. The average Bonchev–Trinajstić information content (AvgIpc) is 2.84. The number of benzene rings is 1. The van der Waals surface area contributed by atoms with E-state index in [0.29, 0.717) is 21.6 Å². The molecule has 0 aliphatic carbocycles. The molecule has 2 N–H and O–H groups in total. The lowest BCUT2D eigenvalue weighted by atomic mass is 10.1. The Morgan fingerprint density at radius 2 is 2.05 bits per heavy atom. The minimum atomic E-state index is -0.0518. The number of aliphatic hydroxyl groups excluding tert-OH is 1. The van der Waals surface area contributed by atoms with E-state index in [0.717, 1.165) is 11.3 Å². The van der Waals surface area contributed by atoms with E-state index >= 15 is 0 Å². The van der Waals surface area contributed by atoms with Crippen LogP contribution in [-0.4, -0.2) is 21.5 Å². The number of nitrogens with zero attached hydrogens (tertiary/aromatic N) is 2. The summed E-state index contributed by atoms with van der Waals surface area (Å²) in [7, 11) is 0. The van der Waals surface area contributed by atoms with Gasteiger partial charge in [-0.15, -0.1) is 0 Å². The second-order valence-corrected chi connectivity index (χ2v) is 5.51. The third-order valence-electron chi connectivity index (χ3n) is 2.88. The van der Waals surface area contributed by atoms with Crippen LogP contribution in [0.25, 0.3) is 0 Å². The molecule has 0 saturated heterocycles. The zero-order valence-corrected chi connectivity index (χ0v) is 13.0. The minimum Gasteiger partial charge on any atom is -0.394 e. The molecule has 0 bridgehead atoms. The molecule has 20 heavy (non-hydrogen) atoms. The highest BCUT2D eigenvalue weighted by Gasteiger charge is 2.14. The van der Waals surface area contributed by atoms with Crippen molar-refractivity contribution in [2.45, 2.75) is 19.5 Å². The predicted molar refractivity (Wildman–Crippen MR) is 82.8 cm³/mol. The Morgan fingerprint density at radius 3 is 2.75 bits per heavy atom. The Morgan fingerprint density at radius 1 is 1.30 bits per heavy atom. The van der Waals surface area contributed by atoms with Crippen molar-refractivity contribution in [2.24, 2.45) is 0 Å². The van der Waals surface area contributed by atoms with Gasteiger partial charge in [-0.3, -0.25) is 4.68 Å². The van der Waals surface area contributed by atoms with Crippen LogP contribution >= 0.6 is 34.8 Å². The standard InChI is InChI=1S/C13H14Cl3N3O/c1-8(10-2-3-11(14)13(16)12(10)15)18-9-6-17-19(7-9)4-5-20/h2-3,6-8,18,20H,4-5H2,1H3. The maximum Gasteiger partial charge on any atom is 0.0782 e. The molecule has 7 heteroatoms. The molecule has 0 aliphatic rings. The van der Waals surface area contributed by atoms with Crippen molar-refractivity contribution >= 4 is 40.5 Å². The molecule has 2 aromatic rings. The number of halogens is 3. The quantitative estimate of drug-likeness (QED) is 0.812. The zero-order chi connectivity index (χ0) is 14.7. The first-order valence-electron chi connectivity index (χ1n) is 6.06. The lowest BCUT2D eigenvalue weighted by Crippen LogP contribution is -2.07. The maximum atomic E-state index is 8.86. The normalized spacial score (nSPS) is 12.4. The third-order valence-corrected chi connectivity index (χ3v) is 4.19. The van der Waals surface area contributed by atoms with Crippen molar-refractivity contribution in [1.29, 1.82) is 0 Å². The summed E-state index contributed by atoms with van der Waals surface area (Å²) in [6.45, 7) is 2.48. The summed E-state index contributed by atoms with van der Waals surface area (Å²) >= 11 is 18.2. The van der Waals surface area contributed by atoms with Crippen molar-refractivity contribution in [3.63, 3.8) is 0 Å². The van der Waals surface area contributed by atoms with Gasteiger partial charge in [-0.2, -0.15) is 5.10 Å². The van der Waals surface area contributed by atoms with E-state index < -0.39 is 0 Å². The summed E-state index contributed by atoms with van der Waals surface area (Å²) < 4.78 is 1.66. The van der Waals surface area contributed by atoms with E-state index in [9.17, 15) is 0 Å². The van der Waals surface area contributed by atoms with Gasteiger partial charge in [0.05, 0.1) is 46.1 Å². The van der Waals surface area contributed by atoms with Crippen LogP contribution in [-0.2, 0) is 6.54 Å². The van der Waals surface area contributed by atoms with Crippen LogP contribution in [0, 0.1) is 0 Å². The summed E-state index contributed by atoms with van der Waals surface area (Å²) in [5.74, 6) is 0. The minimum absolute atomic E-state index is 0.0509. The number of nitrogens with one attached hydrogen (secondary N) is 1. The molecule has 0 aliphatic heterocycles. The molecular weight excluding hydrogens is 321 g/mol. The van der Waals surface area contributed by atoms with Crippen LogP contribution in [0.5, 0.6) is 0 Å². The van der Waals surface area contributed by atoms with E-state index in [-0.39, 0.29) is 12.6 Å². The molecule has 0 fully saturated rings. The molecule has 1 atom stereocenters. The second-order valence-electron chi connectivity index (χ2n) is 4.35. The highest BCUT2D eigenvalue weighted by atomic mass is 35.5. The molecule has 1 heterocycles. The fourth-order valence-corrected chi connectivity index (χ4v) is 2.57. The second kappa shape index (κ2) is 6.68. The number of aromatic nitrogens is 2. The SMILES string of the molecule is CC(Nc1cnn(CCO)c1)c1ccc(Cl)c(Cl)c1Cl. The summed E-state index contributed by atoms with van der Waals surface area (Å²) in [6.07, 6.45) is 3.51. The van der Waals surface area contributed by atoms with Gasteiger partial charge in [-0.25, -0.2) is 0 Å². The molecular formula is C13H14Cl3N3O. The van der Waals surface area contributed by atoms with Crippen LogP contribution in [0.1, 0.15) is 18.5 Å². The van der Waals surface area contributed by atoms with Crippen molar-refractivity contribution in [2.75, 3.05) is 11.9 Å². The van der Waals surface area contributed by atoms with E-state index in [4.69, 9.17) is 39.9 Å². The lowest BCUT2D eigenvalue weighted by molar-refractivity contribution is 0.269. The van der Waals surface area contributed by atoms with E-state index in [1.165, 1.54) is 0 Å². The Labute approximate surface area is 132 Å². The molecule has 108 valence electrons. The van der Waals surface area contributed by atoms with E-state index in [1.54, 1.807) is 16.9 Å². The topological polar surface area (TPSA) is 50.1 Å². The van der Waals surface area contributed by atoms with Gasteiger partial charge in [0.2, 0.25) is 0 Å². The summed E-state index contributed by atoms with van der Waals surface area (Å²) in [6, 6.07) is 3.51. The van der Waals surface area contributed by atoms with Crippen LogP contribution in [0.3, 0.4) is 0 Å². The number of anilines is 1. The lowest BCUT2D eigenvalue weighted by Gasteiger charge is -2.16. The molecule has 4 nitrogen and oxygen atoms in total. The van der Waals surface area contributed by atoms with Gasteiger partial charge >= 0.3 is 0 Å². The van der Waals surface area contributed by atoms with Crippen molar-refractivity contribution in [3.05, 3.63) is 45.2 Å². The first kappa shape index (κ1) is 15.4. The molecule has 0 radical (unpaired) electrons. The van der Waals surface area contributed by atoms with Gasteiger partial charge in [0, 0.05) is 6.20 Å². The molecule has 0 spiro atoms.